The van der Waals surface area contributed by atoms with Crippen molar-refractivity contribution < 1.29 is 21.6 Å². The molecule has 0 aromatic heterocycles. The van der Waals surface area contributed by atoms with Gasteiger partial charge in [0.15, 0.2) is 0 Å². The van der Waals surface area contributed by atoms with Gasteiger partial charge in [-0.15, -0.1) is 0 Å². The first-order chi connectivity index (χ1) is 15.1. The van der Waals surface area contributed by atoms with Crippen LogP contribution in [0, 0.1) is 0 Å². The smallest absolute Gasteiger partial charge is 0.264 e. The topological polar surface area (TPSA) is 127 Å². The molecule has 1 atom stereocenters. The zero-order valence-electron chi connectivity index (χ0n) is 17.1. The molecule has 166 valence electrons. The van der Waals surface area contributed by atoms with E-state index in [0.717, 1.165) is 5.56 Å². The average molecular weight is 472 g/mol. The average Bonchev–Trinajstić information content (AvgIpc) is 3.10. The summed E-state index contributed by atoms with van der Waals surface area (Å²) in [4.78, 5) is 12.6. The Morgan fingerprint density at radius 2 is 1.62 bits per heavy atom. The number of benzene rings is 3. The van der Waals surface area contributed by atoms with E-state index in [-0.39, 0.29) is 27.1 Å². The van der Waals surface area contributed by atoms with Crippen LogP contribution >= 0.6 is 0 Å². The van der Waals surface area contributed by atoms with Gasteiger partial charge in [0, 0.05) is 17.3 Å². The van der Waals surface area contributed by atoms with Crippen LogP contribution in [0.2, 0.25) is 0 Å². The number of nitrogens with one attached hydrogen (secondary N) is 1. The highest BCUT2D eigenvalue weighted by Gasteiger charge is 2.36. The van der Waals surface area contributed by atoms with Crippen molar-refractivity contribution >= 4 is 37.3 Å². The van der Waals surface area contributed by atoms with Crippen molar-refractivity contribution in [2.24, 2.45) is 5.14 Å². The van der Waals surface area contributed by atoms with Crippen molar-refractivity contribution in [3.8, 4) is 0 Å². The fourth-order valence-electron chi connectivity index (χ4n) is 3.77. The number of carbonyl (C=O) groups is 1. The van der Waals surface area contributed by atoms with Gasteiger partial charge in [-0.2, -0.15) is 0 Å². The van der Waals surface area contributed by atoms with Crippen molar-refractivity contribution in [3.05, 3.63) is 83.9 Å². The number of primary sulfonamides is 1. The maximum atomic E-state index is 13.4. The molecule has 1 heterocycles. The highest BCUT2D eigenvalue weighted by Crippen LogP contribution is 2.36. The summed E-state index contributed by atoms with van der Waals surface area (Å²) in [6.07, 6.45) is 0.607. The van der Waals surface area contributed by atoms with Crippen molar-refractivity contribution in [2.75, 3.05) is 9.62 Å². The number of nitrogens with zero attached hydrogens (tertiary/aromatic N) is 1. The van der Waals surface area contributed by atoms with Crippen LogP contribution < -0.4 is 14.8 Å². The number of fused-ring (bicyclic) bond motifs is 1. The molecule has 32 heavy (non-hydrogen) atoms. The highest BCUT2D eigenvalue weighted by atomic mass is 32.2. The normalized spacial score (nSPS) is 15.9. The molecule has 3 aromatic rings. The Morgan fingerprint density at radius 1 is 0.938 bits per heavy atom. The summed E-state index contributed by atoms with van der Waals surface area (Å²) < 4.78 is 51.3. The van der Waals surface area contributed by atoms with E-state index < -0.39 is 26.0 Å². The molecule has 1 aliphatic heterocycles. The molecule has 8 nitrogen and oxygen atoms in total. The van der Waals surface area contributed by atoms with Gasteiger partial charge in [0.05, 0.1) is 15.5 Å². The number of rotatable bonds is 5. The van der Waals surface area contributed by atoms with Crippen molar-refractivity contribution in [1.29, 1.82) is 0 Å². The predicted octanol–water partition coefficient (Wildman–Crippen LogP) is 2.73. The SMILES string of the molecule is CC1Cc2ccccc2N1S(=O)(=O)c1cccc(C(=O)Nc2cccc(S(N)(=O)=O)c2)c1. The third-order valence-corrected chi connectivity index (χ3v) is 8.05. The molecule has 1 amide bonds. The number of nitrogens with two attached hydrogens (primary N) is 1. The van der Waals surface area contributed by atoms with Gasteiger partial charge < -0.3 is 5.32 Å². The molecule has 3 aromatic carbocycles. The van der Waals surface area contributed by atoms with E-state index in [1.807, 2.05) is 19.1 Å². The summed E-state index contributed by atoms with van der Waals surface area (Å²) in [5.74, 6) is -0.580. The number of para-hydroxylation sites is 1. The second-order valence-corrected chi connectivity index (χ2v) is 10.9. The van der Waals surface area contributed by atoms with Gasteiger partial charge >= 0.3 is 0 Å². The summed E-state index contributed by atoms with van der Waals surface area (Å²) in [5, 5.41) is 7.70. The molecule has 0 aliphatic carbocycles. The minimum atomic E-state index is -3.93. The number of carbonyl (C=O) groups excluding carboxylic acids is 1. The maximum Gasteiger partial charge on any atom is 0.264 e. The second kappa shape index (κ2) is 8.05. The zero-order chi connectivity index (χ0) is 23.1. The van der Waals surface area contributed by atoms with E-state index in [4.69, 9.17) is 5.14 Å². The van der Waals surface area contributed by atoms with Gasteiger partial charge in [-0.25, -0.2) is 22.0 Å². The van der Waals surface area contributed by atoms with E-state index in [9.17, 15) is 21.6 Å². The Morgan fingerprint density at radius 3 is 2.38 bits per heavy atom. The lowest BCUT2D eigenvalue weighted by Gasteiger charge is -2.24. The Hall–Kier alpha value is -3.21. The maximum absolute atomic E-state index is 13.4. The number of hydrogen-bond donors (Lipinski definition) is 2. The molecule has 0 saturated carbocycles. The number of amides is 1. The minimum Gasteiger partial charge on any atom is -0.322 e. The molecule has 0 bridgehead atoms. The van der Waals surface area contributed by atoms with Gasteiger partial charge in [-0.1, -0.05) is 30.3 Å². The molecule has 0 fully saturated rings. The van der Waals surface area contributed by atoms with E-state index >= 15 is 0 Å². The highest BCUT2D eigenvalue weighted by molar-refractivity contribution is 7.93. The summed E-state index contributed by atoms with van der Waals surface area (Å²) >= 11 is 0. The van der Waals surface area contributed by atoms with Crippen molar-refractivity contribution in [3.63, 3.8) is 0 Å². The molecule has 1 aliphatic rings. The van der Waals surface area contributed by atoms with Gasteiger partial charge in [0.2, 0.25) is 10.0 Å². The fraction of sp³-hybridized carbons (Fsp3) is 0.136. The van der Waals surface area contributed by atoms with Gasteiger partial charge in [0.1, 0.15) is 0 Å². The van der Waals surface area contributed by atoms with E-state index in [2.05, 4.69) is 5.32 Å². The monoisotopic (exact) mass is 471 g/mol. The van der Waals surface area contributed by atoms with Crippen LogP contribution in [0.1, 0.15) is 22.8 Å². The number of hydrogen-bond acceptors (Lipinski definition) is 5. The molecular weight excluding hydrogens is 450 g/mol. The Labute approximate surface area is 186 Å². The molecule has 0 saturated heterocycles. The summed E-state index contributed by atoms with van der Waals surface area (Å²) in [6, 6.07) is 18.3. The number of anilines is 2. The van der Waals surface area contributed by atoms with Crippen LogP contribution in [0.3, 0.4) is 0 Å². The van der Waals surface area contributed by atoms with Crippen LogP contribution in [0.5, 0.6) is 0 Å². The predicted molar refractivity (Wildman–Crippen MR) is 121 cm³/mol. The number of sulfonamides is 2. The largest absolute Gasteiger partial charge is 0.322 e. The molecule has 0 spiro atoms. The third-order valence-electron chi connectivity index (χ3n) is 5.22. The lowest BCUT2D eigenvalue weighted by Crippen LogP contribution is -2.35. The van der Waals surface area contributed by atoms with Crippen LogP contribution in [0.25, 0.3) is 0 Å². The molecular formula is C22H21N3O5S2. The van der Waals surface area contributed by atoms with Gasteiger partial charge in [0.25, 0.3) is 15.9 Å². The van der Waals surface area contributed by atoms with Crippen LogP contribution in [0.4, 0.5) is 11.4 Å². The first-order valence-electron chi connectivity index (χ1n) is 9.74. The van der Waals surface area contributed by atoms with E-state index in [0.29, 0.717) is 12.1 Å². The lowest BCUT2D eigenvalue weighted by atomic mass is 10.1. The summed E-state index contributed by atoms with van der Waals surface area (Å²) in [7, 11) is -7.83. The zero-order valence-corrected chi connectivity index (χ0v) is 18.7. The van der Waals surface area contributed by atoms with Gasteiger partial charge in [-0.3, -0.25) is 9.10 Å². The standard InChI is InChI=1S/C22H21N3O5S2/c1-15-12-16-6-2-3-11-21(16)25(15)32(29,30)20-10-4-7-17(13-20)22(26)24-18-8-5-9-19(14-18)31(23,27)28/h2-11,13-15H,12H2,1H3,(H,24,26)(H2,23,27,28). The fourth-order valence-corrected chi connectivity index (χ4v) is 6.07. The Balaban J connectivity index is 1.64. The molecule has 10 heteroatoms. The lowest BCUT2D eigenvalue weighted by molar-refractivity contribution is 0.102. The van der Waals surface area contributed by atoms with E-state index in [1.54, 1.807) is 12.1 Å². The quantitative estimate of drug-likeness (QED) is 0.592. The Bertz CT molecular complexity index is 1420. The third kappa shape index (κ3) is 4.12. The van der Waals surface area contributed by atoms with Crippen molar-refractivity contribution in [1.82, 2.24) is 0 Å². The van der Waals surface area contributed by atoms with Gasteiger partial charge in [-0.05, 0) is 61.4 Å². The first kappa shape index (κ1) is 22.0. The van der Waals surface area contributed by atoms with Crippen molar-refractivity contribution in [2.45, 2.75) is 29.2 Å². The van der Waals surface area contributed by atoms with E-state index in [1.165, 1.54) is 52.8 Å². The molecule has 4 rings (SSSR count). The molecule has 3 N–H and O–H groups in total. The minimum absolute atomic E-state index is 0.00742. The van der Waals surface area contributed by atoms with Crippen LogP contribution in [-0.4, -0.2) is 28.8 Å². The molecule has 0 radical (unpaired) electrons. The Kier molecular flexibility index (Phi) is 5.53. The first-order valence-corrected chi connectivity index (χ1v) is 12.7. The molecule has 1 unspecified atom stereocenters. The van der Waals surface area contributed by atoms with Crippen LogP contribution in [0.15, 0.2) is 82.6 Å². The summed E-state index contributed by atoms with van der Waals surface area (Å²) in [5.41, 5.74) is 1.92. The van der Waals surface area contributed by atoms with Crippen LogP contribution in [-0.2, 0) is 26.5 Å². The second-order valence-electron chi connectivity index (χ2n) is 7.54. The summed E-state index contributed by atoms with van der Waals surface area (Å²) in [6.45, 7) is 1.84.